The normalized spacial score (nSPS) is 12.2. The molecule has 0 aliphatic rings. The van der Waals surface area contributed by atoms with E-state index in [2.05, 4.69) is 0 Å². The summed E-state index contributed by atoms with van der Waals surface area (Å²) in [6.45, 7) is -1.25. The van der Waals surface area contributed by atoms with Crippen LogP contribution in [-0.2, 0) is 6.54 Å². The Morgan fingerprint density at radius 1 is 1.22 bits per heavy atom. The molecule has 0 radical (unpaired) electrons. The van der Waals surface area contributed by atoms with E-state index in [0.29, 0.717) is 0 Å². The Bertz CT molecular complexity index is 395. The van der Waals surface area contributed by atoms with Gasteiger partial charge in [-0.1, -0.05) is 17.7 Å². The van der Waals surface area contributed by atoms with Gasteiger partial charge in [0.1, 0.15) is 5.82 Å². The molecule has 102 valence electrons. The van der Waals surface area contributed by atoms with Gasteiger partial charge in [-0.05, 0) is 12.1 Å². The molecule has 0 saturated carbocycles. The van der Waals surface area contributed by atoms with Gasteiger partial charge in [-0.2, -0.15) is 13.2 Å². The summed E-state index contributed by atoms with van der Waals surface area (Å²) in [5.41, 5.74) is 0.161. The average Bonchev–Trinajstić information content (AvgIpc) is 2.20. The predicted octanol–water partition coefficient (Wildman–Crippen LogP) is 4.08. The molecule has 0 N–H and O–H groups in total. The van der Waals surface area contributed by atoms with Crippen molar-refractivity contribution in [2.45, 2.75) is 12.7 Å². The van der Waals surface area contributed by atoms with Crippen molar-refractivity contribution in [2.75, 3.05) is 19.0 Å². The first-order chi connectivity index (χ1) is 8.31. The second-order valence-corrected chi connectivity index (χ2v) is 4.56. The van der Waals surface area contributed by atoms with Crippen molar-refractivity contribution >= 4 is 23.2 Å². The predicted molar refractivity (Wildman–Crippen MR) is 63.5 cm³/mol. The van der Waals surface area contributed by atoms with E-state index < -0.39 is 18.5 Å². The van der Waals surface area contributed by atoms with Gasteiger partial charge in [-0.15, -0.1) is 11.6 Å². The van der Waals surface area contributed by atoms with Gasteiger partial charge in [0.2, 0.25) is 0 Å². The zero-order valence-corrected chi connectivity index (χ0v) is 10.8. The molecule has 0 bridgehead atoms. The van der Waals surface area contributed by atoms with Crippen LogP contribution in [0, 0.1) is 5.82 Å². The van der Waals surface area contributed by atoms with E-state index in [-0.39, 0.29) is 29.6 Å². The molecule has 1 nitrogen and oxygen atoms in total. The van der Waals surface area contributed by atoms with Crippen molar-refractivity contribution in [3.05, 3.63) is 34.6 Å². The Morgan fingerprint density at radius 3 is 2.39 bits per heavy atom. The van der Waals surface area contributed by atoms with Crippen LogP contribution in [0.2, 0.25) is 5.02 Å². The maximum Gasteiger partial charge on any atom is 0.401 e. The van der Waals surface area contributed by atoms with Gasteiger partial charge >= 0.3 is 6.18 Å². The second kappa shape index (κ2) is 6.59. The van der Waals surface area contributed by atoms with Crippen molar-refractivity contribution in [1.82, 2.24) is 4.90 Å². The lowest BCUT2D eigenvalue weighted by molar-refractivity contribution is -0.146. The molecule has 1 aromatic rings. The molecular formula is C11H11Cl2F4N. The smallest absolute Gasteiger partial charge is 0.289 e. The molecule has 1 aromatic carbocycles. The maximum absolute atomic E-state index is 13.5. The summed E-state index contributed by atoms with van der Waals surface area (Å²) in [7, 11) is 0. The van der Waals surface area contributed by atoms with Crippen molar-refractivity contribution in [3.8, 4) is 0 Å². The zero-order chi connectivity index (χ0) is 13.8. The Hall–Kier alpha value is -0.520. The van der Waals surface area contributed by atoms with Crippen LogP contribution >= 0.6 is 23.2 Å². The van der Waals surface area contributed by atoms with Crippen molar-refractivity contribution in [2.24, 2.45) is 0 Å². The van der Waals surface area contributed by atoms with E-state index in [4.69, 9.17) is 23.2 Å². The fraction of sp³-hybridized carbons (Fsp3) is 0.455. The van der Waals surface area contributed by atoms with Crippen molar-refractivity contribution in [3.63, 3.8) is 0 Å². The lowest BCUT2D eigenvalue weighted by Crippen LogP contribution is -2.35. The zero-order valence-electron chi connectivity index (χ0n) is 9.28. The molecule has 0 aliphatic carbocycles. The van der Waals surface area contributed by atoms with Gasteiger partial charge in [-0.3, -0.25) is 4.90 Å². The highest BCUT2D eigenvalue weighted by molar-refractivity contribution is 6.30. The van der Waals surface area contributed by atoms with Gasteiger partial charge in [0.15, 0.2) is 0 Å². The highest BCUT2D eigenvalue weighted by Gasteiger charge is 2.30. The Kier molecular flexibility index (Phi) is 5.69. The fourth-order valence-electron chi connectivity index (χ4n) is 1.48. The standard InChI is InChI=1S/C11H11Cl2F4N/c12-3-4-18(7-11(15,16)17)6-8-1-2-9(13)5-10(8)14/h1-2,5H,3-4,6-7H2. The minimum absolute atomic E-state index is 0.0309. The Morgan fingerprint density at radius 2 is 1.89 bits per heavy atom. The number of halogens is 6. The summed E-state index contributed by atoms with van der Waals surface area (Å²) in [5, 5.41) is 0.205. The topological polar surface area (TPSA) is 3.24 Å². The summed E-state index contributed by atoms with van der Waals surface area (Å²) in [6, 6.07) is 3.88. The number of hydrogen-bond acceptors (Lipinski definition) is 1. The molecule has 0 fully saturated rings. The number of benzene rings is 1. The van der Waals surface area contributed by atoms with Crippen molar-refractivity contribution in [1.29, 1.82) is 0 Å². The molecule has 0 aromatic heterocycles. The maximum atomic E-state index is 13.5. The quantitative estimate of drug-likeness (QED) is 0.585. The van der Waals surface area contributed by atoms with Gasteiger partial charge in [0.05, 0.1) is 6.54 Å². The molecule has 18 heavy (non-hydrogen) atoms. The first kappa shape index (κ1) is 15.5. The summed E-state index contributed by atoms with van der Waals surface area (Å²) < 4.78 is 50.3. The van der Waals surface area contributed by atoms with Gasteiger partial charge in [0.25, 0.3) is 0 Å². The van der Waals surface area contributed by atoms with E-state index in [1.165, 1.54) is 12.1 Å². The van der Waals surface area contributed by atoms with Crippen LogP contribution < -0.4 is 0 Å². The van der Waals surface area contributed by atoms with Crippen LogP contribution in [0.1, 0.15) is 5.56 Å². The third kappa shape index (κ3) is 5.42. The summed E-state index contributed by atoms with van der Waals surface area (Å²) in [4.78, 5) is 1.04. The number of rotatable bonds is 5. The fourth-order valence-corrected chi connectivity index (χ4v) is 1.88. The molecule has 0 saturated heterocycles. The largest absolute Gasteiger partial charge is 0.401 e. The Labute approximate surface area is 112 Å². The van der Waals surface area contributed by atoms with Crippen LogP contribution in [0.3, 0.4) is 0 Å². The lowest BCUT2D eigenvalue weighted by atomic mass is 10.2. The number of nitrogens with zero attached hydrogens (tertiary/aromatic N) is 1. The second-order valence-electron chi connectivity index (χ2n) is 3.75. The molecule has 0 unspecified atom stereocenters. The molecule has 0 aliphatic heterocycles. The third-order valence-corrected chi connectivity index (χ3v) is 2.62. The summed E-state index contributed by atoms with van der Waals surface area (Å²) in [5.74, 6) is -0.574. The molecular weight excluding hydrogens is 293 g/mol. The van der Waals surface area contributed by atoms with E-state index in [1.54, 1.807) is 0 Å². The molecule has 0 spiro atoms. The number of hydrogen-bond donors (Lipinski definition) is 0. The van der Waals surface area contributed by atoms with Crippen LogP contribution in [0.5, 0.6) is 0 Å². The third-order valence-electron chi connectivity index (χ3n) is 2.21. The van der Waals surface area contributed by atoms with E-state index >= 15 is 0 Å². The molecule has 7 heteroatoms. The highest BCUT2D eigenvalue weighted by Crippen LogP contribution is 2.20. The molecule has 1 rings (SSSR count). The van der Waals surface area contributed by atoms with Gasteiger partial charge < -0.3 is 0 Å². The molecule has 0 atom stereocenters. The van der Waals surface area contributed by atoms with Crippen LogP contribution in [-0.4, -0.2) is 30.0 Å². The van der Waals surface area contributed by atoms with Crippen LogP contribution in [0.15, 0.2) is 18.2 Å². The van der Waals surface area contributed by atoms with Gasteiger partial charge in [0, 0.05) is 29.6 Å². The van der Waals surface area contributed by atoms with E-state index in [1.807, 2.05) is 0 Å². The SMILES string of the molecule is Fc1cc(Cl)ccc1CN(CCCl)CC(F)(F)F. The minimum Gasteiger partial charge on any atom is -0.289 e. The van der Waals surface area contributed by atoms with E-state index in [0.717, 1.165) is 11.0 Å². The first-order valence-electron chi connectivity index (χ1n) is 5.11. The number of alkyl halides is 4. The van der Waals surface area contributed by atoms with Gasteiger partial charge in [-0.25, -0.2) is 4.39 Å². The van der Waals surface area contributed by atoms with Crippen LogP contribution in [0.25, 0.3) is 0 Å². The highest BCUT2D eigenvalue weighted by atomic mass is 35.5. The Balaban J connectivity index is 2.76. The summed E-state index contributed by atoms with van der Waals surface area (Å²) >= 11 is 11.0. The molecule has 0 heterocycles. The summed E-state index contributed by atoms with van der Waals surface area (Å²) in [6.07, 6.45) is -4.34. The lowest BCUT2D eigenvalue weighted by Gasteiger charge is -2.22. The van der Waals surface area contributed by atoms with Crippen molar-refractivity contribution < 1.29 is 17.6 Å². The molecule has 0 amide bonds. The van der Waals surface area contributed by atoms with E-state index in [9.17, 15) is 17.6 Å². The first-order valence-corrected chi connectivity index (χ1v) is 6.02. The average molecular weight is 304 g/mol. The van der Waals surface area contributed by atoms with Crippen LogP contribution in [0.4, 0.5) is 17.6 Å². The monoisotopic (exact) mass is 303 g/mol. The minimum atomic E-state index is -4.34.